The first-order valence-electron chi connectivity index (χ1n) is 9.12. The molecule has 0 aliphatic rings. The molecule has 0 saturated heterocycles. The van der Waals surface area contributed by atoms with E-state index in [1.807, 2.05) is 0 Å². The van der Waals surface area contributed by atoms with E-state index in [4.69, 9.17) is 0 Å². The van der Waals surface area contributed by atoms with Crippen molar-refractivity contribution >= 4 is 16.9 Å². The van der Waals surface area contributed by atoms with Crippen LogP contribution in [0.4, 0.5) is 17.6 Å². The molecular formula is C21H19F4N3O2. The molecule has 2 aromatic carbocycles. The number of alkyl halides is 3. The van der Waals surface area contributed by atoms with Gasteiger partial charge in [0.15, 0.2) is 0 Å². The zero-order valence-corrected chi connectivity index (χ0v) is 16.5. The van der Waals surface area contributed by atoms with Crippen molar-refractivity contribution < 1.29 is 22.4 Å². The summed E-state index contributed by atoms with van der Waals surface area (Å²) in [6.07, 6.45) is -4.97. The van der Waals surface area contributed by atoms with Gasteiger partial charge in [-0.2, -0.15) is 13.2 Å². The topological polar surface area (TPSA) is 64.0 Å². The van der Waals surface area contributed by atoms with E-state index in [0.29, 0.717) is 11.1 Å². The molecule has 0 radical (unpaired) electrons. The third kappa shape index (κ3) is 4.19. The van der Waals surface area contributed by atoms with E-state index in [9.17, 15) is 27.2 Å². The lowest BCUT2D eigenvalue weighted by Crippen LogP contribution is -2.39. The minimum absolute atomic E-state index is 0.0326. The van der Waals surface area contributed by atoms with Crippen LogP contribution < -0.4 is 10.9 Å². The smallest absolute Gasteiger partial charge is 0.350 e. The number of nitrogens with zero attached hydrogens (tertiary/aromatic N) is 2. The monoisotopic (exact) mass is 421 g/mol. The highest BCUT2D eigenvalue weighted by Crippen LogP contribution is 2.28. The molecule has 158 valence electrons. The maximum Gasteiger partial charge on any atom is 0.438 e. The van der Waals surface area contributed by atoms with Crippen molar-refractivity contribution in [2.24, 2.45) is 0 Å². The summed E-state index contributed by atoms with van der Waals surface area (Å²) in [4.78, 5) is 28.8. The molecule has 3 rings (SSSR count). The number of amides is 1. The normalized spacial score (nSPS) is 12.8. The number of fused-ring (bicyclic) bond motifs is 1. The summed E-state index contributed by atoms with van der Waals surface area (Å²) >= 11 is 0. The molecule has 9 heteroatoms. The van der Waals surface area contributed by atoms with E-state index in [1.165, 1.54) is 37.3 Å². The molecule has 5 nitrogen and oxygen atoms in total. The lowest BCUT2D eigenvalue weighted by atomic mass is 10.1. The van der Waals surface area contributed by atoms with Crippen LogP contribution in [-0.4, -0.2) is 15.5 Å². The van der Waals surface area contributed by atoms with Gasteiger partial charge in [0, 0.05) is 6.54 Å². The minimum atomic E-state index is -4.97. The van der Waals surface area contributed by atoms with Gasteiger partial charge in [-0.05, 0) is 61.7 Å². The number of aromatic nitrogens is 2. The van der Waals surface area contributed by atoms with Crippen molar-refractivity contribution in [3.05, 3.63) is 75.0 Å². The number of aryl methyl sites for hydroxylation is 2. The third-order valence-electron chi connectivity index (χ3n) is 4.90. The van der Waals surface area contributed by atoms with Crippen LogP contribution in [0.3, 0.4) is 0 Å². The molecule has 3 aromatic rings. The van der Waals surface area contributed by atoms with E-state index in [0.717, 1.165) is 10.1 Å². The van der Waals surface area contributed by atoms with Crippen molar-refractivity contribution in [1.29, 1.82) is 0 Å². The highest BCUT2D eigenvalue weighted by molar-refractivity contribution is 5.84. The van der Waals surface area contributed by atoms with Gasteiger partial charge in [0.25, 0.3) is 5.56 Å². The zero-order chi connectivity index (χ0) is 22.2. The number of hydrogen-bond acceptors (Lipinski definition) is 3. The third-order valence-corrected chi connectivity index (χ3v) is 4.90. The molecule has 1 N–H and O–H groups in total. The fourth-order valence-corrected chi connectivity index (χ4v) is 3.13. The first-order chi connectivity index (χ1) is 14.0. The zero-order valence-electron chi connectivity index (χ0n) is 16.5. The fraction of sp³-hybridized carbons (Fsp3) is 0.286. The van der Waals surface area contributed by atoms with E-state index < -0.39 is 35.2 Å². The second-order valence-corrected chi connectivity index (χ2v) is 7.08. The Morgan fingerprint density at radius 2 is 1.83 bits per heavy atom. The molecule has 1 heterocycles. The number of carbonyl (C=O) groups is 1. The average molecular weight is 421 g/mol. The molecule has 0 bridgehead atoms. The summed E-state index contributed by atoms with van der Waals surface area (Å²) in [5.74, 6) is -1.16. The molecule has 1 atom stereocenters. The molecule has 0 aliphatic heterocycles. The number of carbonyl (C=O) groups excluding carboxylic acids is 1. The van der Waals surface area contributed by atoms with Gasteiger partial charge in [-0.3, -0.25) is 14.2 Å². The van der Waals surface area contributed by atoms with Gasteiger partial charge >= 0.3 is 6.18 Å². The Kier molecular flexibility index (Phi) is 5.65. The average Bonchev–Trinajstić information content (AvgIpc) is 2.66. The number of nitrogens with one attached hydrogen (secondary N) is 1. The van der Waals surface area contributed by atoms with Gasteiger partial charge in [0.05, 0.1) is 11.0 Å². The van der Waals surface area contributed by atoms with Gasteiger partial charge < -0.3 is 5.32 Å². The van der Waals surface area contributed by atoms with E-state index in [1.54, 1.807) is 19.9 Å². The van der Waals surface area contributed by atoms with Crippen molar-refractivity contribution in [2.75, 3.05) is 0 Å². The Morgan fingerprint density at radius 1 is 1.17 bits per heavy atom. The SMILES string of the molecule is Cc1cc2nc(C(F)(F)F)c(=O)n(C(C)C(=O)NCc3cccc(F)c3)c2cc1C. The Morgan fingerprint density at radius 3 is 2.47 bits per heavy atom. The fourth-order valence-electron chi connectivity index (χ4n) is 3.13. The summed E-state index contributed by atoms with van der Waals surface area (Å²) in [6.45, 7) is 4.75. The van der Waals surface area contributed by atoms with E-state index in [2.05, 4.69) is 10.3 Å². The Labute approximate surface area is 169 Å². The maximum absolute atomic E-state index is 13.4. The Bertz CT molecular complexity index is 1190. The molecule has 0 aliphatic carbocycles. The van der Waals surface area contributed by atoms with Gasteiger partial charge in [0.2, 0.25) is 11.6 Å². The van der Waals surface area contributed by atoms with Gasteiger partial charge in [-0.1, -0.05) is 12.1 Å². The molecular weight excluding hydrogens is 402 g/mol. The summed E-state index contributed by atoms with van der Waals surface area (Å²) in [5.41, 5.74) is -0.958. The van der Waals surface area contributed by atoms with Crippen molar-refractivity contribution in [3.8, 4) is 0 Å². The second kappa shape index (κ2) is 7.89. The number of halogens is 4. The number of hydrogen-bond donors (Lipinski definition) is 1. The summed E-state index contributed by atoms with van der Waals surface area (Å²) in [5, 5.41) is 2.53. The summed E-state index contributed by atoms with van der Waals surface area (Å²) in [7, 11) is 0. The van der Waals surface area contributed by atoms with Crippen LogP contribution >= 0.6 is 0 Å². The Balaban J connectivity index is 2.06. The molecule has 0 saturated carbocycles. The molecule has 30 heavy (non-hydrogen) atoms. The second-order valence-electron chi connectivity index (χ2n) is 7.08. The van der Waals surface area contributed by atoms with Crippen LogP contribution in [0.25, 0.3) is 11.0 Å². The highest BCUT2D eigenvalue weighted by atomic mass is 19.4. The first-order valence-corrected chi connectivity index (χ1v) is 9.12. The van der Waals surface area contributed by atoms with Crippen LogP contribution in [0.5, 0.6) is 0 Å². The molecule has 0 spiro atoms. The van der Waals surface area contributed by atoms with Gasteiger partial charge in [-0.15, -0.1) is 0 Å². The van der Waals surface area contributed by atoms with Crippen LogP contribution in [0.2, 0.25) is 0 Å². The standard InChI is InChI=1S/C21H19F4N3O2/c1-11-7-16-17(8-12(11)2)28(20(30)18(27-16)21(23,24)25)13(3)19(29)26-10-14-5-4-6-15(22)9-14/h4-9,13H,10H2,1-3H3,(H,26,29). The number of benzene rings is 2. The minimum Gasteiger partial charge on any atom is -0.350 e. The lowest BCUT2D eigenvalue weighted by Gasteiger charge is -2.20. The lowest BCUT2D eigenvalue weighted by molar-refractivity contribution is -0.142. The van der Waals surface area contributed by atoms with E-state index in [-0.39, 0.29) is 17.6 Å². The first kappa shape index (κ1) is 21.5. The van der Waals surface area contributed by atoms with Crippen molar-refractivity contribution in [2.45, 2.75) is 39.5 Å². The van der Waals surface area contributed by atoms with Crippen LogP contribution in [-0.2, 0) is 17.5 Å². The number of rotatable bonds is 4. The maximum atomic E-state index is 13.4. The molecule has 1 unspecified atom stereocenters. The quantitative estimate of drug-likeness (QED) is 0.647. The largest absolute Gasteiger partial charge is 0.438 e. The predicted molar refractivity (Wildman–Crippen MR) is 103 cm³/mol. The van der Waals surface area contributed by atoms with Crippen LogP contribution in [0.15, 0.2) is 41.2 Å². The molecule has 0 fully saturated rings. The van der Waals surface area contributed by atoms with Crippen LogP contribution in [0.1, 0.15) is 35.3 Å². The van der Waals surface area contributed by atoms with Gasteiger partial charge in [-0.25, -0.2) is 9.37 Å². The predicted octanol–water partition coefficient (Wildman–Crippen LogP) is 4.05. The van der Waals surface area contributed by atoms with Gasteiger partial charge in [0.1, 0.15) is 11.9 Å². The summed E-state index contributed by atoms with van der Waals surface area (Å²) in [6, 6.07) is 7.28. The molecule has 1 aromatic heterocycles. The summed E-state index contributed by atoms with van der Waals surface area (Å²) < 4.78 is 54.3. The Hall–Kier alpha value is -3.23. The van der Waals surface area contributed by atoms with Crippen molar-refractivity contribution in [3.63, 3.8) is 0 Å². The van der Waals surface area contributed by atoms with Crippen LogP contribution in [0, 0.1) is 19.7 Å². The van der Waals surface area contributed by atoms with Crippen molar-refractivity contribution in [1.82, 2.24) is 14.9 Å². The highest BCUT2D eigenvalue weighted by Gasteiger charge is 2.38. The van der Waals surface area contributed by atoms with E-state index >= 15 is 0 Å². The molecule has 1 amide bonds.